The molecule has 0 bridgehead atoms. The number of rotatable bonds is 16. The van der Waals surface area contributed by atoms with Crippen molar-refractivity contribution < 1.29 is 37.7 Å². The Bertz CT molecular complexity index is 676. The van der Waals surface area contributed by atoms with Gasteiger partial charge in [0.2, 0.25) is 0 Å². The molecule has 0 saturated carbocycles. The third-order valence-electron chi connectivity index (χ3n) is 6.99. The van der Waals surface area contributed by atoms with Crippen LogP contribution in [0.15, 0.2) is 36.4 Å². The molecule has 0 saturated heterocycles. The number of hydrogen-bond donors (Lipinski definition) is 0. The molecule has 0 atom stereocenters. The van der Waals surface area contributed by atoms with Gasteiger partial charge in [0, 0.05) is 26.2 Å². The van der Waals surface area contributed by atoms with Crippen LogP contribution in [0.3, 0.4) is 0 Å². The molecule has 6 heteroatoms. The van der Waals surface area contributed by atoms with E-state index in [1.54, 1.807) is 0 Å². The number of nitrogens with zero attached hydrogens (tertiary/aromatic N) is 4. The molecule has 0 unspecified atom stereocenters. The van der Waals surface area contributed by atoms with Gasteiger partial charge < -0.3 is 19.6 Å². The first-order chi connectivity index (χ1) is 17.5. The summed E-state index contributed by atoms with van der Waals surface area (Å²) in [6, 6.07) is 20.2. The fourth-order valence-corrected chi connectivity index (χ4v) is 4.26. The minimum absolute atomic E-state index is 0. The van der Waals surface area contributed by atoms with Gasteiger partial charge in [-0.05, 0) is 52.4 Å². The SMILES string of the molecule is CCN(CC)Cc1[c-]c(CN(CC)CC)ccc1.CCN(CC)Cc1[c-]c(CN(CC)CC)ccc1.[Li+].[Li+]. The fraction of sp³-hybridized carbons (Fsp3) is 0.625. The van der Waals surface area contributed by atoms with Crippen LogP contribution in [-0.2, 0) is 26.2 Å². The van der Waals surface area contributed by atoms with Crippen LogP contribution < -0.4 is 37.7 Å². The van der Waals surface area contributed by atoms with Crippen LogP contribution in [0.25, 0.3) is 0 Å². The molecule has 0 heterocycles. The summed E-state index contributed by atoms with van der Waals surface area (Å²) in [6.45, 7) is 30.6. The Hall–Kier alpha value is -0.525. The minimum Gasteiger partial charge on any atom is -0.302 e. The largest absolute Gasteiger partial charge is 1.00 e. The maximum absolute atomic E-state index is 3.56. The van der Waals surface area contributed by atoms with Crippen LogP contribution >= 0.6 is 0 Å². The van der Waals surface area contributed by atoms with Gasteiger partial charge in [-0.1, -0.05) is 55.4 Å². The summed E-state index contributed by atoms with van der Waals surface area (Å²) in [6.07, 6.45) is 0. The molecular formula is C32H54Li2N4. The van der Waals surface area contributed by atoms with Crippen LogP contribution in [0.4, 0.5) is 0 Å². The molecule has 0 spiro atoms. The fourth-order valence-electron chi connectivity index (χ4n) is 4.26. The molecule has 0 fully saturated rings. The van der Waals surface area contributed by atoms with Crippen LogP contribution in [0.1, 0.15) is 77.6 Å². The average Bonchev–Trinajstić information content (AvgIpc) is 2.92. The summed E-state index contributed by atoms with van der Waals surface area (Å²) < 4.78 is 0. The molecule has 2 aromatic carbocycles. The van der Waals surface area contributed by atoms with Gasteiger partial charge in [-0.2, -0.15) is 48.5 Å². The van der Waals surface area contributed by atoms with Gasteiger partial charge in [-0.3, -0.25) is 0 Å². The molecule has 0 aromatic heterocycles. The Morgan fingerprint density at radius 1 is 0.395 bits per heavy atom. The number of hydrogen-bond acceptors (Lipinski definition) is 4. The third-order valence-corrected chi connectivity index (χ3v) is 6.99. The van der Waals surface area contributed by atoms with Gasteiger partial charge in [0.25, 0.3) is 0 Å². The van der Waals surface area contributed by atoms with Crippen molar-refractivity contribution in [1.29, 1.82) is 0 Å². The van der Waals surface area contributed by atoms with E-state index < -0.39 is 0 Å². The van der Waals surface area contributed by atoms with Crippen LogP contribution in [-0.4, -0.2) is 72.0 Å². The summed E-state index contributed by atoms with van der Waals surface area (Å²) >= 11 is 0. The molecule has 2 aromatic rings. The second-order valence-corrected chi connectivity index (χ2v) is 9.25. The maximum atomic E-state index is 3.56. The Labute approximate surface area is 260 Å². The van der Waals surface area contributed by atoms with Crippen molar-refractivity contribution in [2.24, 2.45) is 0 Å². The molecule has 0 aliphatic heterocycles. The first-order valence-electron chi connectivity index (χ1n) is 14.4. The molecule has 0 aliphatic carbocycles. The van der Waals surface area contributed by atoms with Gasteiger partial charge in [-0.25, -0.2) is 0 Å². The molecule has 0 radical (unpaired) electrons. The maximum Gasteiger partial charge on any atom is 1.00 e. The van der Waals surface area contributed by atoms with Gasteiger partial charge in [-0.15, -0.1) is 22.3 Å². The van der Waals surface area contributed by atoms with Gasteiger partial charge in [0.1, 0.15) is 0 Å². The van der Waals surface area contributed by atoms with E-state index in [1.165, 1.54) is 22.3 Å². The predicted molar refractivity (Wildman–Crippen MR) is 157 cm³/mol. The predicted octanol–water partition coefficient (Wildman–Crippen LogP) is 0.349. The van der Waals surface area contributed by atoms with Crippen LogP contribution in [0, 0.1) is 12.1 Å². The molecule has 204 valence electrons. The monoisotopic (exact) mass is 508 g/mol. The average molecular weight is 509 g/mol. The molecule has 2 rings (SSSR count). The standard InChI is InChI=1S/2C16H27N2.2Li/c2*1-5-17(6-2)13-15-10-9-11-16(12-15)14-18(7-3)8-4;;/h2*9-11H,5-8,13-14H2,1-4H3;;/q2*-1;2*+1. The normalized spacial score (nSPS) is 10.8. The van der Waals surface area contributed by atoms with E-state index >= 15 is 0 Å². The summed E-state index contributed by atoms with van der Waals surface area (Å²) in [5.74, 6) is 0. The molecule has 4 nitrogen and oxygen atoms in total. The minimum atomic E-state index is 0. The van der Waals surface area contributed by atoms with E-state index in [4.69, 9.17) is 0 Å². The Morgan fingerprint density at radius 2 is 0.579 bits per heavy atom. The molecule has 0 aliphatic rings. The summed E-state index contributed by atoms with van der Waals surface area (Å²) in [4.78, 5) is 9.69. The van der Waals surface area contributed by atoms with E-state index in [0.717, 1.165) is 78.5 Å². The van der Waals surface area contributed by atoms with Crippen molar-refractivity contribution in [3.63, 3.8) is 0 Å². The van der Waals surface area contributed by atoms with E-state index in [1.807, 2.05) is 0 Å². The zero-order valence-corrected chi connectivity index (χ0v) is 26.7. The zero-order valence-electron chi connectivity index (χ0n) is 26.7. The summed E-state index contributed by atoms with van der Waals surface area (Å²) in [5, 5.41) is 0. The van der Waals surface area contributed by atoms with Crippen molar-refractivity contribution in [2.45, 2.75) is 81.6 Å². The molecule has 38 heavy (non-hydrogen) atoms. The van der Waals surface area contributed by atoms with Crippen molar-refractivity contribution in [1.82, 2.24) is 19.6 Å². The second kappa shape index (κ2) is 24.3. The van der Waals surface area contributed by atoms with Crippen molar-refractivity contribution >= 4 is 0 Å². The molecular weight excluding hydrogens is 454 g/mol. The van der Waals surface area contributed by atoms with Gasteiger partial charge in [0.05, 0.1) is 0 Å². The van der Waals surface area contributed by atoms with E-state index in [2.05, 4.69) is 124 Å². The summed E-state index contributed by atoms with van der Waals surface area (Å²) in [5.41, 5.74) is 5.23. The Balaban J connectivity index is 0. The van der Waals surface area contributed by atoms with Gasteiger partial charge in [0.15, 0.2) is 0 Å². The quantitative estimate of drug-likeness (QED) is 0.240. The van der Waals surface area contributed by atoms with Crippen LogP contribution in [0.2, 0.25) is 0 Å². The van der Waals surface area contributed by atoms with Crippen molar-refractivity contribution in [2.75, 3.05) is 52.4 Å². The van der Waals surface area contributed by atoms with E-state index in [9.17, 15) is 0 Å². The van der Waals surface area contributed by atoms with Crippen LogP contribution in [0.5, 0.6) is 0 Å². The first kappa shape index (κ1) is 39.6. The zero-order chi connectivity index (χ0) is 26.8. The first-order valence-corrected chi connectivity index (χ1v) is 14.4. The molecule has 0 N–H and O–H groups in total. The number of benzene rings is 2. The Morgan fingerprint density at radius 3 is 0.737 bits per heavy atom. The van der Waals surface area contributed by atoms with Crippen molar-refractivity contribution in [3.8, 4) is 0 Å². The smallest absolute Gasteiger partial charge is 0.302 e. The second-order valence-electron chi connectivity index (χ2n) is 9.25. The van der Waals surface area contributed by atoms with E-state index in [0.29, 0.717) is 0 Å². The van der Waals surface area contributed by atoms with Crippen molar-refractivity contribution in [3.05, 3.63) is 70.8 Å². The Kier molecular flexibility index (Phi) is 25.3. The van der Waals surface area contributed by atoms with Gasteiger partial charge >= 0.3 is 37.7 Å². The topological polar surface area (TPSA) is 13.0 Å². The summed E-state index contributed by atoms with van der Waals surface area (Å²) in [7, 11) is 0. The third kappa shape index (κ3) is 15.9. The molecule has 0 amide bonds. The van der Waals surface area contributed by atoms with E-state index in [-0.39, 0.29) is 37.7 Å².